The van der Waals surface area contributed by atoms with Crippen molar-refractivity contribution in [1.29, 1.82) is 0 Å². The van der Waals surface area contributed by atoms with E-state index in [1.54, 1.807) is 37.6 Å². The number of hydrogen-bond acceptors (Lipinski definition) is 5. The molecule has 1 unspecified atom stereocenters. The molecule has 0 spiro atoms. The summed E-state index contributed by atoms with van der Waals surface area (Å²) in [6, 6.07) is 20.8. The number of carbonyl (C=O) groups excluding carboxylic acids is 2. The van der Waals surface area contributed by atoms with Crippen LogP contribution in [0, 0.1) is 5.92 Å². The fraction of sp³-hybridized carbons (Fsp3) is 0.250. The Kier molecular flexibility index (Phi) is 9.89. The molecule has 0 aliphatic heterocycles. The van der Waals surface area contributed by atoms with E-state index in [-0.39, 0.29) is 17.7 Å². The smallest absolute Gasteiger partial charge is 0.262 e. The van der Waals surface area contributed by atoms with Crippen molar-refractivity contribution in [3.05, 3.63) is 94.5 Å². The predicted octanol–water partition coefficient (Wildman–Crippen LogP) is 5.22. The Morgan fingerprint density at radius 3 is 2.19 bits per heavy atom. The van der Waals surface area contributed by atoms with Crippen molar-refractivity contribution >= 4 is 29.6 Å². The highest BCUT2D eigenvalue weighted by Gasteiger charge is 2.22. The van der Waals surface area contributed by atoms with Gasteiger partial charge in [-0.25, -0.2) is 5.43 Å². The molecule has 3 aromatic rings. The summed E-state index contributed by atoms with van der Waals surface area (Å²) in [4.78, 5) is 25.3. The van der Waals surface area contributed by atoms with Crippen molar-refractivity contribution in [3.8, 4) is 11.5 Å². The Bertz CT molecular complexity index is 1160. The first kappa shape index (κ1) is 26.8. The summed E-state index contributed by atoms with van der Waals surface area (Å²) >= 11 is 5.89. The molecule has 36 heavy (non-hydrogen) atoms. The van der Waals surface area contributed by atoms with E-state index in [9.17, 15) is 9.59 Å². The number of ether oxygens (including phenoxy) is 2. The third kappa shape index (κ3) is 8.43. The summed E-state index contributed by atoms with van der Waals surface area (Å²) in [5.41, 5.74) is 4.78. The van der Waals surface area contributed by atoms with Gasteiger partial charge in [0, 0.05) is 10.6 Å². The number of benzene rings is 3. The number of nitrogens with one attached hydrogen (secondary N) is 2. The number of nitrogens with zero attached hydrogens (tertiary/aromatic N) is 1. The van der Waals surface area contributed by atoms with E-state index in [0.29, 0.717) is 29.4 Å². The van der Waals surface area contributed by atoms with Crippen LogP contribution in [0.2, 0.25) is 5.02 Å². The molecule has 0 fully saturated rings. The Morgan fingerprint density at radius 1 is 0.944 bits per heavy atom. The minimum Gasteiger partial charge on any atom is -0.497 e. The lowest BCUT2D eigenvalue weighted by molar-refractivity contribution is -0.123. The second-order valence-electron chi connectivity index (χ2n) is 8.60. The largest absolute Gasteiger partial charge is 0.497 e. The molecule has 8 heteroatoms. The van der Waals surface area contributed by atoms with Gasteiger partial charge in [0.2, 0.25) is 0 Å². The molecular formula is C28H30ClN3O4. The summed E-state index contributed by atoms with van der Waals surface area (Å²) in [7, 11) is 1.63. The minimum atomic E-state index is -0.723. The summed E-state index contributed by atoms with van der Waals surface area (Å²) in [5, 5.41) is 7.37. The lowest BCUT2D eigenvalue weighted by atomic mass is 10.0. The third-order valence-electron chi connectivity index (χ3n) is 5.27. The van der Waals surface area contributed by atoms with Gasteiger partial charge in [0.15, 0.2) is 0 Å². The van der Waals surface area contributed by atoms with E-state index < -0.39 is 6.04 Å². The number of hydrogen-bond donors (Lipinski definition) is 2. The molecule has 0 heterocycles. The molecule has 0 bridgehead atoms. The Balaban J connectivity index is 1.52. The van der Waals surface area contributed by atoms with Gasteiger partial charge in [-0.3, -0.25) is 9.59 Å². The van der Waals surface area contributed by atoms with Gasteiger partial charge >= 0.3 is 0 Å². The zero-order valence-electron chi connectivity index (χ0n) is 20.5. The minimum absolute atomic E-state index is 0.195. The first-order valence-corrected chi connectivity index (χ1v) is 12.0. The van der Waals surface area contributed by atoms with Gasteiger partial charge in [0.1, 0.15) is 24.1 Å². The van der Waals surface area contributed by atoms with Crippen molar-refractivity contribution in [2.45, 2.75) is 32.9 Å². The van der Waals surface area contributed by atoms with Crippen LogP contribution in [0.3, 0.4) is 0 Å². The van der Waals surface area contributed by atoms with Gasteiger partial charge in [-0.15, -0.1) is 0 Å². The first-order valence-electron chi connectivity index (χ1n) is 11.6. The zero-order valence-corrected chi connectivity index (χ0v) is 21.3. The highest BCUT2D eigenvalue weighted by Crippen LogP contribution is 2.16. The molecule has 0 radical (unpaired) electrons. The number of methoxy groups -OCH3 is 1. The van der Waals surface area contributed by atoms with Crippen LogP contribution in [0.15, 0.2) is 77.9 Å². The van der Waals surface area contributed by atoms with Crippen molar-refractivity contribution in [2.24, 2.45) is 11.0 Å². The van der Waals surface area contributed by atoms with E-state index in [1.165, 1.54) is 0 Å². The molecule has 7 nitrogen and oxygen atoms in total. The number of rotatable bonds is 11. The van der Waals surface area contributed by atoms with Crippen LogP contribution in [-0.2, 0) is 11.4 Å². The molecule has 1 atom stereocenters. The second kappa shape index (κ2) is 13.3. The van der Waals surface area contributed by atoms with Crippen LogP contribution in [-0.4, -0.2) is 31.2 Å². The molecule has 0 saturated carbocycles. The fourth-order valence-electron chi connectivity index (χ4n) is 3.33. The van der Waals surface area contributed by atoms with E-state index in [2.05, 4.69) is 15.8 Å². The first-order chi connectivity index (χ1) is 17.3. The summed E-state index contributed by atoms with van der Waals surface area (Å²) < 4.78 is 11.0. The predicted molar refractivity (Wildman–Crippen MR) is 142 cm³/mol. The van der Waals surface area contributed by atoms with Crippen molar-refractivity contribution < 1.29 is 19.1 Å². The number of halogens is 1. The molecule has 0 aliphatic carbocycles. The summed E-state index contributed by atoms with van der Waals surface area (Å²) in [6.07, 6.45) is 2.01. The molecular weight excluding hydrogens is 478 g/mol. The molecule has 0 saturated heterocycles. The van der Waals surface area contributed by atoms with Gasteiger partial charge in [-0.2, -0.15) is 5.10 Å². The van der Waals surface area contributed by atoms with Gasteiger partial charge in [-0.1, -0.05) is 37.6 Å². The SMILES string of the molecule is COc1ccc(COc2ccc(C=NNC(=O)C(CC(C)C)NC(=O)c3ccc(Cl)cc3)cc2)cc1. The topological polar surface area (TPSA) is 89.0 Å². The summed E-state index contributed by atoms with van der Waals surface area (Å²) in [5.74, 6) is 0.979. The average molecular weight is 508 g/mol. The van der Waals surface area contributed by atoms with E-state index in [0.717, 1.165) is 16.9 Å². The van der Waals surface area contributed by atoms with Crippen LogP contribution in [0.5, 0.6) is 11.5 Å². The Morgan fingerprint density at radius 2 is 1.58 bits per heavy atom. The molecule has 2 N–H and O–H groups in total. The normalized spacial score (nSPS) is 11.8. The van der Waals surface area contributed by atoms with E-state index in [1.807, 2.05) is 62.4 Å². The van der Waals surface area contributed by atoms with Gasteiger partial charge in [-0.05, 0) is 84.1 Å². The van der Waals surface area contributed by atoms with Crippen LogP contribution < -0.4 is 20.2 Å². The van der Waals surface area contributed by atoms with Gasteiger partial charge in [0.25, 0.3) is 11.8 Å². The number of amides is 2. The van der Waals surface area contributed by atoms with Crippen LogP contribution in [0.1, 0.15) is 41.8 Å². The average Bonchev–Trinajstić information content (AvgIpc) is 2.88. The highest BCUT2D eigenvalue weighted by molar-refractivity contribution is 6.30. The van der Waals surface area contributed by atoms with Crippen LogP contribution >= 0.6 is 11.6 Å². The van der Waals surface area contributed by atoms with Gasteiger partial charge in [0.05, 0.1) is 13.3 Å². The van der Waals surface area contributed by atoms with Crippen molar-refractivity contribution in [2.75, 3.05) is 7.11 Å². The molecule has 3 aromatic carbocycles. The van der Waals surface area contributed by atoms with Crippen LogP contribution in [0.4, 0.5) is 0 Å². The quantitative estimate of drug-likeness (QED) is 0.275. The van der Waals surface area contributed by atoms with Crippen molar-refractivity contribution in [3.63, 3.8) is 0 Å². The Hall–Kier alpha value is -3.84. The number of hydrazone groups is 1. The van der Waals surface area contributed by atoms with E-state index >= 15 is 0 Å². The fourth-order valence-corrected chi connectivity index (χ4v) is 3.46. The maximum absolute atomic E-state index is 12.7. The molecule has 188 valence electrons. The summed E-state index contributed by atoms with van der Waals surface area (Å²) in [6.45, 7) is 4.40. The van der Waals surface area contributed by atoms with E-state index in [4.69, 9.17) is 21.1 Å². The van der Waals surface area contributed by atoms with Gasteiger partial charge < -0.3 is 14.8 Å². The third-order valence-corrected chi connectivity index (χ3v) is 5.52. The highest BCUT2D eigenvalue weighted by atomic mass is 35.5. The molecule has 3 rings (SSSR count). The zero-order chi connectivity index (χ0) is 25.9. The van der Waals surface area contributed by atoms with Crippen LogP contribution in [0.25, 0.3) is 0 Å². The second-order valence-corrected chi connectivity index (χ2v) is 9.04. The maximum Gasteiger partial charge on any atom is 0.262 e. The number of carbonyl (C=O) groups is 2. The molecule has 2 amide bonds. The lowest BCUT2D eigenvalue weighted by Crippen LogP contribution is -2.46. The Labute approximate surface area is 216 Å². The lowest BCUT2D eigenvalue weighted by Gasteiger charge is -2.19. The van der Waals surface area contributed by atoms with Crippen molar-refractivity contribution in [1.82, 2.24) is 10.7 Å². The molecule has 0 aliphatic rings. The standard InChI is InChI=1S/C28H30ClN3O4/c1-19(2)16-26(31-27(33)22-8-10-23(29)11-9-22)28(34)32-30-17-20-4-14-25(15-5-20)36-18-21-6-12-24(35-3)13-7-21/h4-15,17,19,26H,16,18H2,1-3H3,(H,31,33)(H,32,34). The maximum atomic E-state index is 12.7. The monoisotopic (exact) mass is 507 g/mol. The molecule has 0 aromatic heterocycles.